The molecule has 4 rings (SSSR count). The quantitative estimate of drug-likeness (QED) is 0.801. The third-order valence-electron chi connectivity index (χ3n) is 5.87. The van der Waals surface area contributed by atoms with E-state index >= 15 is 0 Å². The minimum Gasteiger partial charge on any atom is -0.423 e. The van der Waals surface area contributed by atoms with Crippen molar-refractivity contribution in [1.82, 2.24) is 24.9 Å². The third-order valence-corrected chi connectivity index (χ3v) is 5.87. The smallest absolute Gasteiger partial charge is 0.247 e. The van der Waals surface area contributed by atoms with E-state index in [9.17, 15) is 4.79 Å². The minimum absolute atomic E-state index is 0.0571. The van der Waals surface area contributed by atoms with Gasteiger partial charge in [0, 0.05) is 31.4 Å². The fourth-order valence-electron chi connectivity index (χ4n) is 4.33. The molecule has 2 atom stereocenters. The van der Waals surface area contributed by atoms with Crippen LogP contribution in [-0.2, 0) is 9.53 Å². The van der Waals surface area contributed by atoms with Gasteiger partial charge in [-0.2, -0.15) is 5.10 Å². The van der Waals surface area contributed by atoms with Crippen LogP contribution in [0.3, 0.4) is 0 Å². The first-order chi connectivity index (χ1) is 13.5. The first kappa shape index (κ1) is 19.1. The summed E-state index contributed by atoms with van der Waals surface area (Å²) in [6, 6.07) is 1.49. The highest BCUT2D eigenvalue weighted by atomic mass is 16.5. The number of hydrogen-bond donors (Lipinski definition) is 0. The lowest BCUT2D eigenvalue weighted by Gasteiger charge is -2.35. The molecule has 2 aromatic rings. The van der Waals surface area contributed by atoms with Gasteiger partial charge in [0.1, 0.15) is 12.1 Å². The highest BCUT2D eigenvalue weighted by Crippen LogP contribution is 2.34. The first-order valence-electron chi connectivity index (χ1n) is 10.3. The maximum absolute atomic E-state index is 13.3. The van der Waals surface area contributed by atoms with Crippen LogP contribution in [0, 0.1) is 13.8 Å². The topological polar surface area (TPSA) is 86.3 Å². The highest BCUT2D eigenvalue weighted by Gasteiger charge is 2.35. The van der Waals surface area contributed by atoms with Gasteiger partial charge in [0.25, 0.3) is 0 Å². The Bertz CT molecular complexity index is 824. The fourth-order valence-corrected chi connectivity index (χ4v) is 4.33. The SMILES string of the molecule is Cc1cc(C)n([C@H](C)C(=O)N2CCCC[C@@H]2c2nnc(C3CCOCC3)o2)n1. The molecule has 0 saturated carbocycles. The van der Waals surface area contributed by atoms with Crippen molar-refractivity contribution in [3.05, 3.63) is 29.2 Å². The number of carbonyl (C=O) groups excluding carboxylic acids is 1. The Hall–Kier alpha value is -2.22. The second-order valence-corrected chi connectivity index (χ2v) is 7.96. The molecule has 0 spiro atoms. The maximum atomic E-state index is 13.3. The first-order valence-corrected chi connectivity index (χ1v) is 10.3. The number of hydrogen-bond acceptors (Lipinski definition) is 6. The van der Waals surface area contributed by atoms with Gasteiger partial charge in [-0.15, -0.1) is 10.2 Å². The molecule has 28 heavy (non-hydrogen) atoms. The molecule has 8 nitrogen and oxygen atoms in total. The monoisotopic (exact) mass is 387 g/mol. The average Bonchev–Trinajstić information content (AvgIpc) is 3.34. The Morgan fingerprint density at radius 1 is 1.14 bits per heavy atom. The van der Waals surface area contributed by atoms with Gasteiger partial charge in [0.05, 0.1) is 5.69 Å². The van der Waals surface area contributed by atoms with E-state index in [4.69, 9.17) is 9.15 Å². The van der Waals surface area contributed by atoms with Crippen LogP contribution in [0.2, 0.25) is 0 Å². The van der Waals surface area contributed by atoms with Crippen molar-refractivity contribution in [3.8, 4) is 0 Å². The molecule has 0 N–H and O–H groups in total. The van der Waals surface area contributed by atoms with E-state index in [1.807, 2.05) is 36.4 Å². The Morgan fingerprint density at radius 3 is 2.61 bits per heavy atom. The molecule has 2 aromatic heterocycles. The molecule has 0 radical (unpaired) electrons. The van der Waals surface area contributed by atoms with E-state index in [1.54, 1.807) is 0 Å². The van der Waals surface area contributed by atoms with Crippen LogP contribution in [0.25, 0.3) is 0 Å². The summed E-state index contributed by atoms with van der Waals surface area (Å²) >= 11 is 0. The lowest BCUT2D eigenvalue weighted by molar-refractivity contribution is -0.139. The summed E-state index contributed by atoms with van der Waals surface area (Å²) in [5.41, 5.74) is 1.91. The molecular weight excluding hydrogens is 358 g/mol. The second kappa shape index (κ2) is 8.03. The van der Waals surface area contributed by atoms with E-state index in [0.717, 1.165) is 56.7 Å². The second-order valence-electron chi connectivity index (χ2n) is 7.96. The predicted molar refractivity (Wildman–Crippen MR) is 102 cm³/mol. The van der Waals surface area contributed by atoms with Crippen molar-refractivity contribution >= 4 is 5.91 Å². The lowest BCUT2D eigenvalue weighted by atomic mass is 10.0. The number of amides is 1. The van der Waals surface area contributed by atoms with Crippen LogP contribution in [0.5, 0.6) is 0 Å². The Balaban J connectivity index is 1.53. The number of piperidine rings is 1. The molecular formula is C20H29N5O3. The number of carbonyl (C=O) groups is 1. The molecule has 0 aromatic carbocycles. The number of aromatic nitrogens is 4. The molecule has 1 amide bonds. The Kier molecular flexibility index (Phi) is 5.48. The molecule has 2 fully saturated rings. The van der Waals surface area contributed by atoms with Crippen molar-refractivity contribution < 1.29 is 13.9 Å². The fraction of sp³-hybridized carbons (Fsp3) is 0.700. The van der Waals surface area contributed by atoms with Crippen LogP contribution < -0.4 is 0 Å². The van der Waals surface area contributed by atoms with E-state index in [1.165, 1.54) is 0 Å². The molecule has 2 aliphatic rings. The molecule has 4 heterocycles. The van der Waals surface area contributed by atoms with E-state index < -0.39 is 0 Å². The lowest BCUT2D eigenvalue weighted by Crippen LogP contribution is -2.42. The van der Waals surface area contributed by atoms with Gasteiger partial charge in [-0.05, 0) is 58.9 Å². The molecule has 0 unspecified atom stereocenters. The summed E-state index contributed by atoms with van der Waals surface area (Å²) in [5.74, 6) is 1.57. The maximum Gasteiger partial charge on any atom is 0.247 e. The standard InChI is InChI=1S/C20H29N5O3/c1-13-12-14(2)25(23-13)15(3)20(26)24-9-5-4-6-17(24)19-22-21-18(28-19)16-7-10-27-11-8-16/h12,15-17H,4-11H2,1-3H3/t15-,17-/m1/s1. The van der Waals surface area contributed by atoms with Gasteiger partial charge in [-0.3, -0.25) is 9.48 Å². The zero-order valence-electron chi connectivity index (χ0n) is 16.9. The van der Waals surface area contributed by atoms with Crippen LogP contribution in [0.1, 0.15) is 80.2 Å². The highest BCUT2D eigenvalue weighted by molar-refractivity contribution is 5.80. The number of nitrogens with zero attached hydrogens (tertiary/aromatic N) is 5. The molecule has 2 saturated heterocycles. The number of ether oxygens (including phenoxy) is 1. The molecule has 0 bridgehead atoms. The van der Waals surface area contributed by atoms with Gasteiger partial charge in [0.2, 0.25) is 17.7 Å². The van der Waals surface area contributed by atoms with Crippen molar-refractivity contribution in [2.45, 2.75) is 70.9 Å². The van der Waals surface area contributed by atoms with Crippen LogP contribution >= 0.6 is 0 Å². The third kappa shape index (κ3) is 3.70. The summed E-state index contributed by atoms with van der Waals surface area (Å²) < 4.78 is 13.3. The van der Waals surface area contributed by atoms with E-state index in [-0.39, 0.29) is 23.9 Å². The minimum atomic E-state index is -0.354. The van der Waals surface area contributed by atoms with Crippen molar-refractivity contribution in [2.75, 3.05) is 19.8 Å². The van der Waals surface area contributed by atoms with Crippen LogP contribution in [0.4, 0.5) is 0 Å². The van der Waals surface area contributed by atoms with Gasteiger partial charge in [0.15, 0.2) is 0 Å². The average molecular weight is 387 g/mol. The van der Waals surface area contributed by atoms with Gasteiger partial charge >= 0.3 is 0 Å². The molecule has 152 valence electrons. The van der Waals surface area contributed by atoms with Gasteiger partial charge in [-0.1, -0.05) is 0 Å². The summed E-state index contributed by atoms with van der Waals surface area (Å²) in [6.45, 7) is 8.01. The largest absolute Gasteiger partial charge is 0.423 e. The predicted octanol–water partition coefficient (Wildman–Crippen LogP) is 3.09. The van der Waals surface area contributed by atoms with E-state index in [2.05, 4.69) is 15.3 Å². The van der Waals surface area contributed by atoms with Crippen molar-refractivity contribution in [1.29, 1.82) is 0 Å². The van der Waals surface area contributed by atoms with Gasteiger partial charge in [-0.25, -0.2) is 0 Å². The molecule has 2 aliphatic heterocycles. The van der Waals surface area contributed by atoms with Gasteiger partial charge < -0.3 is 14.1 Å². The normalized spacial score (nSPS) is 22.4. The summed E-state index contributed by atoms with van der Waals surface area (Å²) in [7, 11) is 0. The number of likely N-dealkylation sites (tertiary alicyclic amines) is 1. The van der Waals surface area contributed by atoms with Crippen LogP contribution in [-0.4, -0.2) is 50.5 Å². The Labute approximate surface area is 165 Å². The van der Waals surface area contributed by atoms with Crippen LogP contribution in [0.15, 0.2) is 10.5 Å². The summed E-state index contributed by atoms with van der Waals surface area (Å²) in [6.07, 6.45) is 4.71. The zero-order valence-corrected chi connectivity index (χ0v) is 16.9. The van der Waals surface area contributed by atoms with Crippen molar-refractivity contribution in [2.24, 2.45) is 0 Å². The van der Waals surface area contributed by atoms with E-state index in [0.29, 0.717) is 18.3 Å². The summed E-state index contributed by atoms with van der Waals surface area (Å²) in [5, 5.41) is 13.1. The molecule has 8 heteroatoms. The summed E-state index contributed by atoms with van der Waals surface area (Å²) in [4.78, 5) is 15.2. The number of rotatable bonds is 4. The van der Waals surface area contributed by atoms with Crippen molar-refractivity contribution in [3.63, 3.8) is 0 Å². The number of aryl methyl sites for hydroxylation is 2. The Morgan fingerprint density at radius 2 is 1.89 bits per heavy atom. The molecule has 0 aliphatic carbocycles. The zero-order chi connectivity index (χ0) is 19.7.